The lowest BCUT2D eigenvalue weighted by molar-refractivity contribution is -0.119. The van der Waals surface area contributed by atoms with Crippen molar-refractivity contribution in [3.8, 4) is 17.0 Å². The average molecular weight is 409 g/mol. The summed E-state index contributed by atoms with van der Waals surface area (Å²) in [7, 11) is 1.59. The first-order chi connectivity index (χ1) is 14.1. The molecule has 0 unspecified atom stereocenters. The van der Waals surface area contributed by atoms with Gasteiger partial charge in [0.1, 0.15) is 11.3 Å². The maximum absolute atomic E-state index is 12.1. The molecule has 1 N–H and O–H groups in total. The highest BCUT2D eigenvalue weighted by atomic mass is 32.1. The van der Waals surface area contributed by atoms with Crippen molar-refractivity contribution < 1.29 is 23.5 Å². The van der Waals surface area contributed by atoms with Crippen LogP contribution in [0.15, 0.2) is 58.7 Å². The number of rotatable bonds is 6. The van der Waals surface area contributed by atoms with E-state index in [4.69, 9.17) is 13.9 Å². The third kappa shape index (κ3) is 4.25. The largest absolute Gasteiger partial charge is 0.497 e. The fourth-order valence-electron chi connectivity index (χ4n) is 2.60. The van der Waals surface area contributed by atoms with E-state index in [0.717, 1.165) is 11.3 Å². The van der Waals surface area contributed by atoms with E-state index in [0.29, 0.717) is 21.9 Å². The van der Waals surface area contributed by atoms with Crippen LogP contribution in [-0.2, 0) is 9.53 Å². The summed E-state index contributed by atoms with van der Waals surface area (Å²) in [6, 6.07) is 12.2. The second-order valence-electron chi connectivity index (χ2n) is 5.93. The van der Waals surface area contributed by atoms with Crippen LogP contribution in [0.2, 0.25) is 0 Å². The highest BCUT2D eigenvalue weighted by Gasteiger charge is 2.14. The molecule has 4 rings (SSSR count). The lowest BCUT2D eigenvalue weighted by atomic mass is 10.2. The van der Waals surface area contributed by atoms with E-state index in [9.17, 15) is 9.59 Å². The van der Waals surface area contributed by atoms with Gasteiger partial charge in [-0.15, -0.1) is 11.3 Å². The van der Waals surface area contributed by atoms with Crippen molar-refractivity contribution in [1.82, 2.24) is 9.97 Å². The standard InChI is InChI=1S/C20H15N3O5S/c1-26-14-4-2-3-12(7-14)16-10-29-20(22-16)23-18(24)9-27-19(25)13-5-6-17-15(8-13)21-11-28-17/h2-8,10-11H,9H2,1H3,(H,22,23,24). The number of benzene rings is 2. The molecule has 8 nitrogen and oxygen atoms in total. The first kappa shape index (κ1) is 18.6. The van der Waals surface area contributed by atoms with Crippen LogP contribution in [0.5, 0.6) is 5.75 Å². The van der Waals surface area contributed by atoms with Gasteiger partial charge >= 0.3 is 5.97 Å². The molecule has 1 amide bonds. The highest BCUT2D eigenvalue weighted by Crippen LogP contribution is 2.27. The van der Waals surface area contributed by atoms with Crippen LogP contribution >= 0.6 is 11.3 Å². The number of nitrogens with zero attached hydrogens (tertiary/aromatic N) is 2. The lowest BCUT2D eigenvalue weighted by Gasteiger charge is -2.05. The molecule has 0 bridgehead atoms. The number of hydrogen-bond donors (Lipinski definition) is 1. The summed E-state index contributed by atoms with van der Waals surface area (Å²) in [6.45, 7) is -0.427. The van der Waals surface area contributed by atoms with Crippen molar-refractivity contribution in [2.45, 2.75) is 0 Å². The average Bonchev–Trinajstić information content (AvgIpc) is 3.41. The Hall–Kier alpha value is -3.72. The normalized spacial score (nSPS) is 10.7. The Morgan fingerprint density at radius 2 is 2.10 bits per heavy atom. The summed E-state index contributed by atoms with van der Waals surface area (Å²) < 4.78 is 15.4. The van der Waals surface area contributed by atoms with Crippen LogP contribution in [-0.4, -0.2) is 35.6 Å². The number of esters is 1. The third-order valence-corrected chi connectivity index (χ3v) is 4.77. The summed E-state index contributed by atoms with van der Waals surface area (Å²) in [4.78, 5) is 32.6. The fourth-order valence-corrected chi connectivity index (χ4v) is 3.34. The molecule has 9 heteroatoms. The van der Waals surface area contributed by atoms with Crippen LogP contribution < -0.4 is 10.1 Å². The molecular formula is C20H15N3O5S. The molecule has 29 heavy (non-hydrogen) atoms. The number of nitrogens with one attached hydrogen (secondary N) is 1. The molecule has 4 aromatic rings. The highest BCUT2D eigenvalue weighted by molar-refractivity contribution is 7.14. The number of carbonyl (C=O) groups is 2. The molecule has 146 valence electrons. The van der Waals surface area contributed by atoms with E-state index in [2.05, 4.69) is 15.3 Å². The van der Waals surface area contributed by atoms with Gasteiger partial charge in [-0.25, -0.2) is 14.8 Å². The smallest absolute Gasteiger partial charge is 0.338 e. The zero-order valence-electron chi connectivity index (χ0n) is 15.2. The summed E-state index contributed by atoms with van der Waals surface area (Å²) in [6.07, 6.45) is 1.29. The van der Waals surface area contributed by atoms with Crippen molar-refractivity contribution in [1.29, 1.82) is 0 Å². The summed E-state index contributed by atoms with van der Waals surface area (Å²) in [5, 5.41) is 4.86. The van der Waals surface area contributed by atoms with E-state index < -0.39 is 18.5 Å². The molecule has 2 aromatic heterocycles. The minimum Gasteiger partial charge on any atom is -0.497 e. The Labute approximate surface area is 169 Å². The van der Waals surface area contributed by atoms with Gasteiger partial charge in [0.2, 0.25) is 0 Å². The van der Waals surface area contributed by atoms with Crippen LogP contribution in [0, 0.1) is 0 Å². The number of aromatic nitrogens is 2. The van der Waals surface area contributed by atoms with E-state index in [1.54, 1.807) is 25.3 Å². The summed E-state index contributed by atoms with van der Waals surface area (Å²) >= 11 is 1.28. The first-order valence-corrected chi connectivity index (χ1v) is 9.40. The van der Waals surface area contributed by atoms with Crippen LogP contribution in [0.25, 0.3) is 22.4 Å². The molecule has 0 saturated heterocycles. The zero-order valence-corrected chi connectivity index (χ0v) is 16.1. The Bertz CT molecular complexity index is 1180. The number of anilines is 1. The van der Waals surface area contributed by atoms with Crippen molar-refractivity contribution >= 4 is 39.4 Å². The van der Waals surface area contributed by atoms with E-state index in [1.807, 2.05) is 29.6 Å². The Morgan fingerprint density at radius 3 is 2.97 bits per heavy atom. The number of amides is 1. The predicted molar refractivity (Wildman–Crippen MR) is 107 cm³/mol. The van der Waals surface area contributed by atoms with Crippen molar-refractivity contribution in [3.63, 3.8) is 0 Å². The molecule has 2 aromatic carbocycles. The number of oxazole rings is 1. The van der Waals surface area contributed by atoms with E-state index in [1.165, 1.54) is 17.7 Å². The maximum Gasteiger partial charge on any atom is 0.338 e. The second kappa shape index (κ2) is 8.11. The number of hydrogen-bond acceptors (Lipinski definition) is 8. The molecule has 0 aliphatic carbocycles. The van der Waals surface area contributed by atoms with Gasteiger partial charge in [0, 0.05) is 10.9 Å². The number of carbonyl (C=O) groups excluding carboxylic acids is 2. The lowest BCUT2D eigenvalue weighted by Crippen LogP contribution is -2.20. The molecule has 0 aliphatic heterocycles. The molecule has 0 spiro atoms. The summed E-state index contributed by atoms with van der Waals surface area (Å²) in [5.74, 6) is -0.384. The topological polar surface area (TPSA) is 104 Å². The maximum atomic E-state index is 12.1. The molecule has 0 aliphatic rings. The van der Waals surface area contributed by atoms with Gasteiger partial charge in [0.25, 0.3) is 5.91 Å². The minimum absolute atomic E-state index is 0.286. The fraction of sp³-hybridized carbons (Fsp3) is 0.100. The van der Waals surface area contributed by atoms with Crippen LogP contribution in [0.1, 0.15) is 10.4 Å². The Morgan fingerprint density at radius 1 is 1.21 bits per heavy atom. The van der Waals surface area contributed by atoms with Gasteiger partial charge in [-0.2, -0.15) is 0 Å². The Kier molecular flexibility index (Phi) is 5.21. The van der Waals surface area contributed by atoms with Crippen molar-refractivity contribution in [3.05, 3.63) is 59.8 Å². The van der Waals surface area contributed by atoms with E-state index in [-0.39, 0.29) is 5.56 Å². The van der Waals surface area contributed by atoms with Gasteiger partial charge in [-0.3, -0.25) is 10.1 Å². The van der Waals surface area contributed by atoms with Gasteiger partial charge in [0.15, 0.2) is 23.7 Å². The molecule has 0 fully saturated rings. The summed E-state index contributed by atoms with van der Waals surface area (Å²) in [5.41, 5.74) is 2.97. The van der Waals surface area contributed by atoms with Crippen molar-refractivity contribution in [2.75, 3.05) is 19.0 Å². The third-order valence-electron chi connectivity index (χ3n) is 4.02. The van der Waals surface area contributed by atoms with Crippen LogP contribution in [0.4, 0.5) is 5.13 Å². The van der Waals surface area contributed by atoms with Gasteiger partial charge in [-0.05, 0) is 30.3 Å². The minimum atomic E-state index is -0.624. The second-order valence-corrected chi connectivity index (χ2v) is 6.79. The quantitative estimate of drug-likeness (QED) is 0.484. The predicted octanol–water partition coefficient (Wildman–Crippen LogP) is 3.76. The number of thiazole rings is 1. The number of methoxy groups -OCH3 is 1. The van der Waals surface area contributed by atoms with Crippen molar-refractivity contribution in [2.24, 2.45) is 0 Å². The molecule has 0 radical (unpaired) electrons. The SMILES string of the molecule is COc1cccc(-c2csc(NC(=O)COC(=O)c3ccc4ocnc4c3)n2)c1. The molecule has 2 heterocycles. The zero-order chi connectivity index (χ0) is 20.2. The Balaban J connectivity index is 1.35. The van der Waals surface area contributed by atoms with Gasteiger partial charge in [-0.1, -0.05) is 12.1 Å². The number of ether oxygens (including phenoxy) is 2. The van der Waals surface area contributed by atoms with Gasteiger partial charge < -0.3 is 13.9 Å². The monoisotopic (exact) mass is 409 g/mol. The number of fused-ring (bicyclic) bond motifs is 1. The molecular weight excluding hydrogens is 394 g/mol. The van der Waals surface area contributed by atoms with Crippen LogP contribution in [0.3, 0.4) is 0 Å². The van der Waals surface area contributed by atoms with E-state index >= 15 is 0 Å². The molecule has 0 atom stereocenters. The molecule has 0 saturated carbocycles. The first-order valence-electron chi connectivity index (χ1n) is 8.52. The van der Waals surface area contributed by atoms with Gasteiger partial charge in [0.05, 0.1) is 18.4 Å².